The molecule has 168 valence electrons. The molecule has 5 aliphatic carbocycles. The minimum Gasteiger partial charge on any atom is -0.355 e. The standard InChI is InChI=1S/C26H37N3O2/c1-3-23(26-13-18-10-19(14-26)12-20(11-18)15-26)28-25(31)29(22-8-9-22)16-17-4-6-21(7-5-17)24(30)27-2/h4-7,18-20,22-23H,3,8-16H2,1-2H3,(H,27,30)(H,28,31)/t18?,19?,20?,23-,26?/m1/s1. The second kappa shape index (κ2) is 8.14. The van der Waals surface area contributed by atoms with Crippen LogP contribution in [0, 0.1) is 23.2 Å². The molecule has 0 heterocycles. The predicted octanol–water partition coefficient (Wildman–Crippen LogP) is 4.72. The molecule has 1 aromatic rings. The van der Waals surface area contributed by atoms with Crippen molar-refractivity contribution in [1.29, 1.82) is 0 Å². The van der Waals surface area contributed by atoms with E-state index in [1.165, 1.54) is 38.5 Å². The van der Waals surface area contributed by atoms with Crippen molar-refractivity contribution in [1.82, 2.24) is 15.5 Å². The van der Waals surface area contributed by atoms with Crippen molar-refractivity contribution in [3.8, 4) is 0 Å². The molecular formula is C26H37N3O2. The third kappa shape index (κ3) is 4.08. The first-order valence-corrected chi connectivity index (χ1v) is 12.4. The molecule has 1 aromatic carbocycles. The number of carbonyl (C=O) groups is 2. The molecule has 5 nitrogen and oxygen atoms in total. The van der Waals surface area contributed by atoms with E-state index in [-0.39, 0.29) is 11.9 Å². The van der Waals surface area contributed by atoms with Gasteiger partial charge in [0.15, 0.2) is 0 Å². The van der Waals surface area contributed by atoms with E-state index < -0.39 is 0 Å². The lowest BCUT2D eigenvalue weighted by Crippen LogP contribution is -2.58. The second-order valence-corrected chi connectivity index (χ2v) is 10.8. The van der Waals surface area contributed by atoms with Gasteiger partial charge in [0.25, 0.3) is 5.91 Å². The lowest BCUT2D eigenvalue weighted by atomic mass is 9.47. The van der Waals surface area contributed by atoms with Gasteiger partial charge in [0.05, 0.1) is 0 Å². The highest BCUT2D eigenvalue weighted by Crippen LogP contribution is 2.61. The number of rotatable bonds is 7. The number of nitrogens with zero attached hydrogens (tertiary/aromatic N) is 1. The van der Waals surface area contributed by atoms with E-state index in [9.17, 15) is 9.59 Å². The Morgan fingerprint density at radius 1 is 1.03 bits per heavy atom. The molecule has 0 saturated heterocycles. The minimum atomic E-state index is -0.0790. The maximum atomic E-state index is 13.5. The fourth-order valence-electron chi connectivity index (χ4n) is 7.38. The smallest absolute Gasteiger partial charge is 0.318 e. The molecule has 2 N–H and O–H groups in total. The van der Waals surface area contributed by atoms with Crippen LogP contribution in [0.4, 0.5) is 4.79 Å². The number of nitrogens with one attached hydrogen (secondary N) is 2. The van der Waals surface area contributed by atoms with Crippen molar-refractivity contribution < 1.29 is 9.59 Å². The second-order valence-electron chi connectivity index (χ2n) is 10.8. The maximum absolute atomic E-state index is 13.5. The van der Waals surface area contributed by atoms with Crippen LogP contribution in [0.3, 0.4) is 0 Å². The molecule has 31 heavy (non-hydrogen) atoms. The van der Waals surface area contributed by atoms with Crippen LogP contribution in [0.5, 0.6) is 0 Å². The first-order chi connectivity index (χ1) is 15.0. The van der Waals surface area contributed by atoms with Gasteiger partial charge in [-0.1, -0.05) is 19.1 Å². The Bertz CT molecular complexity index is 794. The summed E-state index contributed by atoms with van der Waals surface area (Å²) in [7, 11) is 1.64. The third-order valence-electron chi connectivity index (χ3n) is 8.58. The molecule has 0 aromatic heterocycles. The number of urea groups is 1. The van der Waals surface area contributed by atoms with Gasteiger partial charge >= 0.3 is 6.03 Å². The molecule has 0 radical (unpaired) electrons. The van der Waals surface area contributed by atoms with Gasteiger partial charge in [-0.25, -0.2) is 4.79 Å². The minimum absolute atomic E-state index is 0.0790. The Morgan fingerprint density at radius 3 is 2.10 bits per heavy atom. The van der Waals surface area contributed by atoms with Crippen molar-refractivity contribution in [3.63, 3.8) is 0 Å². The summed E-state index contributed by atoms with van der Waals surface area (Å²) in [5.41, 5.74) is 2.07. The summed E-state index contributed by atoms with van der Waals surface area (Å²) in [5.74, 6) is 2.62. The van der Waals surface area contributed by atoms with Crippen molar-refractivity contribution in [3.05, 3.63) is 35.4 Å². The molecule has 1 atom stereocenters. The number of hydrogen-bond acceptors (Lipinski definition) is 2. The zero-order valence-corrected chi connectivity index (χ0v) is 19.0. The van der Waals surface area contributed by atoms with Gasteiger partial charge in [-0.05, 0) is 98.7 Å². The van der Waals surface area contributed by atoms with Crippen molar-refractivity contribution in [2.24, 2.45) is 23.2 Å². The molecule has 6 rings (SSSR count). The van der Waals surface area contributed by atoms with Gasteiger partial charge in [-0.2, -0.15) is 0 Å². The number of carbonyl (C=O) groups excluding carboxylic acids is 2. The van der Waals surface area contributed by atoms with Crippen molar-refractivity contribution >= 4 is 11.9 Å². The average Bonchev–Trinajstić information content (AvgIpc) is 3.59. The molecule has 5 aliphatic rings. The van der Waals surface area contributed by atoms with Crippen LogP contribution >= 0.6 is 0 Å². The first kappa shape index (κ1) is 20.8. The predicted molar refractivity (Wildman–Crippen MR) is 122 cm³/mol. The fourth-order valence-corrected chi connectivity index (χ4v) is 7.38. The summed E-state index contributed by atoms with van der Waals surface area (Å²) in [6.07, 6.45) is 11.5. The van der Waals surface area contributed by atoms with Crippen LogP contribution in [0.1, 0.15) is 80.6 Å². The quantitative estimate of drug-likeness (QED) is 0.667. The van der Waals surface area contributed by atoms with Gasteiger partial charge in [0.1, 0.15) is 0 Å². The largest absolute Gasteiger partial charge is 0.355 e. The summed E-state index contributed by atoms with van der Waals surface area (Å²) in [5, 5.41) is 6.18. The van der Waals surface area contributed by atoms with Crippen LogP contribution in [0.25, 0.3) is 0 Å². The lowest BCUT2D eigenvalue weighted by Gasteiger charge is -2.59. The molecule has 3 amide bonds. The fraction of sp³-hybridized carbons (Fsp3) is 0.692. The van der Waals surface area contributed by atoms with E-state index in [1.807, 2.05) is 29.2 Å². The zero-order chi connectivity index (χ0) is 21.6. The van der Waals surface area contributed by atoms with Gasteiger partial charge in [0.2, 0.25) is 0 Å². The Morgan fingerprint density at radius 2 is 1.61 bits per heavy atom. The molecular weight excluding hydrogens is 386 g/mol. The summed E-state index contributed by atoms with van der Waals surface area (Å²) in [4.78, 5) is 27.3. The molecule has 0 unspecified atom stereocenters. The summed E-state index contributed by atoms with van der Waals surface area (Å²) in [6, 6.07) is 8.41. The highest BCUT2D eigenvalue weighted by molar-refractivity contribution is 5.93. The van der Waals surface area contributed by atoms with Crippen molar-refractivity contribution in [2.75, 3.05) is 7.05 Å². The Labute approximate surface area is 186 Å². The first-order valence-electron chi connectivity index (χ1n) is 12.4. The van der Waals surface area contributed by atoms with E-state index in [0.29, 0.717) is 29.6 Å². The topological polar surface area (TPSA) is 61.4 Å². The molecule has 0 spiro atoms. The maximum Gasteiger partial charge on any atom is 0.318 e. The zero-order valence-electron chi connectivity index (χ0n) is 19.0. The monoisotopic (exact) mass is 423 g/mol. The number of benzene rings is 1. The van der Waals surface area contributed by atoms with E-state index >= 15 is 0 Å². The summed E-state index contributed by atoms with van der Waals surface area (Å²) < 4.78 is 0. The van der Waals surface area contributed by atoms with E-state index in [0.717, 1.165) is 42.6 Å². The highest BCUT2D eigenvalue weighted by Gasteiger charge is 2.54. The van der Waals surface area contributed by atoms with Gasteiger partial charge in [-0.15, -0.1) is 0 Å². The van der Waals surface area contributed by atoms with Crippen LogP contribution in [0.2, 0.25) is 0 Å². The summed E-state index contributed by atoms with van der Waals surface area (Å²) >= 11 is 0. The Balaban J connectivity index is 1.28. The van der Waals surface area contributed by atoms with Crippen LogP contribution in [-0.4, -0.2) is 36.0 Å². The van der Waals surface area contributed by atoms with Gasteiger partial charge < -0.3 is 15.5 Å². The lowest BCUT2D eigenvalue weighted by molar-refractivity contribution is -0.0727. The Hall–Kier alpha value is -2.04. The number of amides is 3. The van der Waals surface area contributed by atoms with Crippen LogP contribution < -0.4 is 10.6 Å². The summed E-state index contributed by atoms with van der Waals surface area (Å²) in [6.45, 7) is 2.87. The molecule has 5 heteroatoms. The molecule has 4 bridgehead atoms. The SMILES string of the molecule is CC[C@@H](NC(=O)N(Cc1ccc(C(=O)NC)cc1)C1CC1)C12CC3CC(CC(C3)C1)C2. The van der Waals surface area contributed by atoms with Gasteiger partial charge in [0, 0.05) is 31.2 Å². The van der Waals surface area contributed by atoms with E-state index in [4.69, 9.17) is 0 Å². The molecule has 5 fully saturated rings. The van der Waals surface area contributed by atoms with Crippen molar-refractivity contribution in [2.45, 2.75) is 83.3 Å². The number of hydrogen-bond donors (Lipinski definition) is 2. The van der Waals surface area contributed by atoms with Crippen LogP contribution in [0.15, 0.2) is 24.3 Å². The average molecular weight is 424 g/mol. The molecule has 5 saturated carbocycles. The molecule has 0 aliphatic heterocycles. The van der Waals surface area contributed by atoms with Crippen LogP contribution in [-0.2, 0) is 6.54 Å². The van der Waals surface area contributed by atoms with E-state index in [2.05, 4.69) is 17.6 Å². The normalized spacial score (nSPS) is 31.9. The van der Waals surface area contributed by atoms with E-state index in [1.54, 1.807) is 7.05 Å². The Kier molecular flexibility index (Phi) is 5.47. The highest BCUT2D eigenvalue weighted by atomic mass is 16.2. The van der Waals surface area contributed by atoms with Gasteiger partial charge in [-0.3, -0.25) is 4.79 Å². The third-order valence-corrected chi connectivity index (χ3v) is 8.58.